The molecule has 1 aromatic rings. The highest BCUT2D eigenvalue weighted by Gasteiger charge is 2.10. The van der Waals surface area contributed by atoms with E-state index in [1.54, 1.807) is 7.11 Å². The Hall–Kier alpha value is -1.05. The summed E-state index contributed by atoms with van der Waals surface area (Å²) in [7, 11) is 1.67. The first-order chi connectivity index (χ1) is 6.56. The maximum Gasteiger partial charge on any atom is 0.216 e. The first-order valence-corrected chi connectivity index (χ1v) is 5.05. The number of hydrogen-bond acceptors (Lipinski definition) is 2. The number of rotatable bonds is 3. The second-order valence-corrected chi connectivity index (χ2v) is 4.15. The first-order valence-electron chi connectivity index (χ1n) is 5.05. The van der Waals surface area contributed by atoms with Gasteiger partial charge in [-0.25, -0.2) is 4.98 Å². The van der Waals surface area contributed by atoms with Crippen molar-refractivity contribution in [3.8, 4) is 5.88 Å². The zero-order valence-electron chi connectivity index (χ0n) is 9.72. The van der Waals surface area contributed by atoms with Crippen molar-refractivity contribution in [2.24, 2.45) is 5.92 Å². The van der Waals surface area contributed by atoms with Gasteiger partial charge in [0.15, 0.2) is 0 Å². The third kappa shape index (κ3) is 2.25. The van der Waals surface area contributed by atoms with Gasteiger partial charge in [-0.15, -0.1) is 0 Å². The van der Waals surface area contributed by atoms with Crippen molar-refractivity contribution in [1.29, 1.82) is 0 Å². The molecule has 14 heavy (non-hydrogen) atoms. The average Bonchev–Trinajstić information content (AvgIpc) is 2.12. The van der Waals surface area contributed by atoms with Crippen molar-refractivity contribution in [2.45, 2.75) is 34.1 Å². The molecule has 1 heterocycles. The number of ether oxygens (including phenoxy) is 1. The SMILES string of the molecule is COc1ncc(C)c(CC(C)C)c1C. The Labute approximate surface area is 86.3 Å². The Bertz CT molecular complexity index is 318. The van der Waals surface area contributed by atoms with Gasteiger partial charge in [-0.05, 0) is 37.3 Å². The highest BCUT2D eigenvalue weighted by Crippen LogP contribution is 2.23. The van der Waals surface area contributed by atoms with E-state index in [1.807, 2.05) is 6.20 Å². The summed E-state index contributed by atoms with van der Waals surface area (Å²) in [6.45, 7) is 8.64. The monoisotopic (exact) mass is 193 g/mol. The van der Waals surface area contributed by atoms with Crippen LogP contribution in [-0.4, -0.2) is 12.1 Å². The van der Waals surface area contributed by atoms with E-state index in [1.165, 1.54) is 16.7 Å². The summed E-state index contributed by atoms with van der Waals surface area (Å²) in [6.07, 6.45) is 2.99. The van der Waals surface area contributed by atoms with Crippen molar-refractivity contribution < 1.29 is 4.74 Å². The van der Waals surface area contributed by atoms with E-state index in [9.17, 15) is 0 Å². The molecule has 0 N–H and O–H groups in total. The smallest absolute Gasteiger partial charge is 0.216 e. The lowest BCUT2D eigenvalue weighted by Crippen LogP contribution is -2.03. The molecule has 1 rings (SSSR count). The number of hydrogen-bond donors (Lipinski definition) is 0. The van der Waals surface area contributed by atoms with Crippen molar-refractivity contribution in [3.05, 3.63) is 22.9 Å². The molecule has 0 bridgehead atoms. The van der Waals surface area contributed by atoms with Crippen LogP contribution < -0.4 is 4.74 Å². The van der Waals surface area contributed by atoms with Crippen LogP contribution in [0.15, 0.2) is 6.20 Å². The van der Waals surface area contributed by atoms with Crippen LogP contribution in [0.5, 0.6) is 5.88 Å². The molecule has 0 atom stereocenters. The summed E-state index contributed by atoms with van der Waals surface area (Å²) in [4.78, 5) is 4.24. The molecule has 0 aliphatic heterocycles. The number of methoxy groups -OCH3 is 1. The molecule has 0 spiro atoms. The van der Waals surface area contributed by atoms with Gasteiger partial charge in [0.2, 0.25) is 5.88 Å². The van der Waals surface area contributed by atoms with Crippen LogP contribution in [0.2, 0.25) is 0 Å². The molecular weight excluding hydrogens is 174 g/mol. The van der Waals surface area contributed by atoms with Gasteiger partial charge in [-0.2, -0.15) is 0 Å². The average molecular weight is 193 g/mol. The van der Waals surface area contributed by atoms with E-state index in [0.29, 0.717) is 5.92 Å². The molecular formula is C12H19NO. The predicted octanol–water partition coefficient (Wildman–Crippen LogP) is 2.91. The second-order valence-electron chi connectivity index (χ2n) is 4.15. The topological polar surface area (TPSA) is 22.1 Å². The van der Waals surface area contributed by atoms with Crippen LogP contribution in [0.1, 0.15) is 30.5 Å². The van der Waals surface area contributed by atoms with Gasteiger partial charge in [-0.1, -0.05) is 13.8 Å². The molecule has 0 aliphatic rings. The minimum Gasteiger partial charge on any atom is -0.481 e. The van der Waals surface area contributed by atoms with Gasteiger partial charge in [0, 0.05) is 11.8 Å². The summed E-state index contributed by atoms with van der Waals surface area (Å²) in [6, 6.07) is 0. The van der Waals surface area contributed by atoms with Crippen molar-refractivity contribution in [1.82, 2.24) is 4.98 Å². The zero-order chi connectivity index (χ0) is 10.7. The zero-order valence-corrected chi connectivity index (χ0v) is 9.72. The molecule has 0 saturated carbocycles. The van der Waals surface area contributed by atoms with Crippen LogP contribution in [0.25, 0.3) is 0 Å². The second kappa shape index (κ2) is 4.45. The predicted molar refractivity (Wildman–Crippen MR) is 58.8 cm³/mol. The lowest BCUT2D eigenvalue weighted by atomic mass is 9.96. The van der Waals surface area contributed by atoms with Gasteiger partial charge in [-0.3, -0.25) is 0 Å². The molecule has 1 aromatic heterocycles. The van der Waals surface area contributed by atoms with Crippen LogP contribution in [-0.2, 0) is 6.42 Å². The molecule has 2 heteroatoms. The summed E-state index contributed by atoms with van der Waals surface area (Å²) in [5.41, 5.74) is 3.82. The lowest BCUT2D eigenvalue weighted by molar-refractivity contribution is 0.393. The van der Waals surface area contributed by atoms with E-state index in [-0.39, 0.29) is 0 Å². The maximum absolute atomic E-state index is 5.21. The Morgan fingerprint density at radius 3 is 2.50 bits per heavy atom. The number of aromatic nitrogens is 1. The normalized spacial score (nSPS) is 10.7. The lowest BCUT2D eigenvalue weighted by Gasteiger charge is -2.14. The Morgan fingerprint density at radius 1 is 1.36 bits per heavy atom. The molecule has 0 amide bonds. The van der Waals surface area contributed by atoms with E-state index in [2.05, 4.69) is 32.7 Å². The van der Waals surface area contributed by atoms with Crippen LogP contribution >= 0.6 is 0 Å². The molecule has 0 radical (unpaired) electrons. The van der Waals surface area contributed by atoms with Crippen molar-refractivity contribution >= 4 is 0 Å². The summed E-state index contributed by atoms with van der Waals surface area (Å²) in [5, 5.41) is 0. The van der Waals surface area contributed by atoms with Gasteiger partial charge in [0.25, 0.3) is 0 Å². The van der Waals surface area contributed by atoms with E-state index >= 15 is 0 Å². The maximum atomic E-state index is 5.21. The highest BCUT2D eigenvalue weighted by atomic mass is 16.5. The third-order valence-corrected chi connectivity index (χ3v) is 2.43. The Kier molecular flexibility index (Phi) is 3.50. The molecule has 2 nitrogen and oxygen atoms in total. The van der Waals surface area contributed by atoms with Crippen molar-refractivity contribution in [2.75, 3.05) is 7.11 Å². The number of aryl methyl sites for hydroxylation is 1. The third-order valence-electron chi connectivity index (χ3n) is 2.43. The fourth-order valence-corrected chi connectivity index (χ4v) is 1.68. The molecule has 0 aliphatic carbocycles. The molecule has 0 saturated heterocycles. The molecule has 0 fully saturated rings. The van der Waals surface area contributed by atoms with Crippen LogP contribution in [0.3, 0.4) is 0 Å². The number of nitrogens with zero attached hydrogens (tertiary/aromatic N) is 1. The van der Waals surface area contributed by atoms with Crippen LogP contribution in [0, 0.1) is 19.8 Å². The van der Waals surface area contributed by atoms with Gasteiger partial charge >= 0.3 is 0 Å². The molecule has 0 unspecified atom stereocenters. The van der Waals surface area contributed by atoms with Gasteiger partial charge < -0.3 is 4.74 Å². The van der Waals surface area contributed by atoms with Crippen LogP contribution in [0.4, 0.5) is 0 Å². The minimum atomic E-state index is 0.666. The molecule has 78 valence electrons. The number of pyridine rings is 1. The summed E-state index contributed by atoms with van der Waals surface area (Å²) >= 11 is 0. The highest BCUT2D eigenvalue weighted by molar-refractivity contribution is 5.38. The first kappa shape index (κ1) is 11.0. The quantitative estimate of drug-likeness (QED) is 0.736. The van der Waals surface area contributed by atoms with Gasteiger partial charge in [0.05, 0.1) is 7.11 Å². The molecule has 0 aromatic carbocycles. The van der Waals surface area contributed by atoms with Crippen molar-refractivity contribution in [3.63, 3.8) is 0 Å². The summed E-state index contributed by atoms with van der Waals surface area (Å²) < 4.78 is 5.21. The van der Waals surface area contributed by atoms with E-state index < -0.39 is 0 Å². The fourth-order valence-electron chi connectivity index (χ4n) is 1.68. The van der Waals surface area contributed by atoms with Gasteiger partial charge in [0.1, 0.15) is 0 Å². The fraction of sp³-hybridized carbons (Fsp3) is 0.583. The van der Waals surface area contributed by atoms with E-state index in [0.717, 1.165) is 12.3 Å². The minimum absolute atomic E-state index is 0.666. The Morgan fingerprint density at radius 2 is 2.00 bits per heavy atom. The standard InChI is InChI=1S/C12H19NO/c1-8(2)6-11-9(3)7-13-12(14-5)10(11)4/h7-8H,6H2,1-5H3. The Balaban J connectivity index is 3.11. The summed E-state index contributed by atoms with van der Waals surface area (Å²) in [5.74, 6) is 1.42. The largest absolute Gasteiger partial charge is 0.481 e. The van der Waals surface area contributed by atoms with E-state index in [4.69, 9.17) is 4.74 Å².